The van der Waals surface area contributed by atoms with Gasteiger partial charge in [0.1, 0.15) is 5.76 Å². The van der Waals surface area contributed by atoms with Gasteiger partial charge in [-0.25, -0.2) is 0 Å². The van der Waals surface area contributed by atoms with Crippen LogP contribution < -0.4 is 0 Å². The van der Waals surface area contributed by atoms with Crippen LogP contribution in [0.4, 0.5) is 0 Å². The highest BCUT2D eigenvalue weighted by molar-refractivity contribution is 5.28. The zero-order valence-corrected chi connectivity index (χ0v) is 7.52. The maximum atomic E-state index is 9.40. The Balaban J connectivity index is 2.81. The first-order chi connectivity index (χ1) is 5.11. The van der Waals surface area contributed by atoms with Crippen LogP contribution in [0.3, 0.4) is 0 Å². The number of hydrogen-bond acceptors (Lipinski definition) is 1. The average molecular weight is 152 g/mol. The number of rotatable bonds is 1. The maximum Gasteiger partial charge on any atom is 0.114 e. The Morgan fingerprint density at radius 2 is 2.00 bits per heavy atom. The first-order valence-corrected chi connectivity index (χ1v) is 4.20. The molecule has 0 amide bonds. The summed E-state index contributed by atoms with van der Waals surface area (Å²) in [6.07, 6.45) is 4.06. The molecule has 0 spiro atoms. The van der Waals surface area contributed by atoms with Crippen LogP contribution in [0.2, 0.25) is 0 Å². The van der Waals surface area contributed by atoms with Gasteiger partial charge in [-0.3, -0.25) is 0 Å². The molecule has 0 saturated carbocycles. The highest BCUT2D eigenvalue weighted by Gasteiger charge is 2.11. The molecule has 0 aliphatic heterocycles. The zero-order chi connectivity index (χ0) is 8.43. The summed E-state index contributed by atoms with van der Waals surface area (Å²) in [7, 11) is 0. The van der Waals surface area contributed by atoms with Crippen LogP contribution in [0, 0.1) is 5.92 Å². The van der Waals surface area contributed by atoms with E-state index >= 15 is 0 Å². The van der Waals surface area contributed by atoms with Crippen molar-refractivity contribution in [3.8, 4) is 0 Å². The molecule has 0 bridgehead atoms. The van der Waals surface area contributed by atoms with Gasteiger partial charge in [-0.05, 0) is 37.3 Å². The Kier molecular flexibility index (Phi) is 2.38. The first kappa shape index (κ1) is 8.38. The van der Waals surface area contributed by atoms with Gasteiger partial charge in [0.2, 0.25) is 0 Å². The summed E-state index contributed by atoms with van der Waals surface area (Å²) >= 11 is 0. The van der Waals surface area contributed by atoms with E-state index in [1.807, 2.05) is 13.0 Å². The summed E-state index contributed by atoms with van der Waals surface area (Å²) in [6.45, 7) is 6.32. The normalized spacial score (nSPS) is 19.1. The minimum absolute atomic E-state index is 0.486. The molecule has 1 aliphatic carbocycles. The van der Waals surface area contributed by atoms with Crippen LogP contribution in [0.1, 0.15) is 33.6 Å². The Morgan fingerprint density at radius 3 is 2.45 bits per heavy atom. The van der Waals surface area contributed by atoms with E-state index in [1.54, 1.807) is 0 Å². The Bertz CT molecular complexity index is 209. The predicted molar refractivity (Wildman–Crippen MR) is 47.5 cm³/mol. The summed E-state index contributed by atoms with van der Waals surface area (Å²) < 4.78 is 0. The molecule has 1 N–H and O–H groups in total. The largest absolute Gasteiger partial charge is 0.508 e. The number of hydrogen-bond donors (Lipinski definition) is 1. The van der Waals surface area contributed by atoms with Gasteiger partial charge in [0.25, 0.3) is 0 Å². The fraction of sp³-hybridized carbons (Fsp3) is 0.600. The molecule has 0 saturated heterocycles. The van der Waals surface area contributed by atoms with Crippen molar-refractivity contribution in [1.82, 2.24) is 0 Å². The molecule has 1 rings (SSSR count). The predicted octanol–water partition coefficient (Wildman–Crippen LogP) is 3.19. The second-order valence-electron chi connectivity index (χ2n) is 3.54. The standard InChI is InChI=1S/C10H16O/c1-7(2)9-5-4-8(3)10(11)6-9/h6-7,11H,4-5H2,1-3H3. The van der Waals surface area contributed by atoms with E-state index in [2.05, 4.69) is 13.8 Å². The van der Waals surface area contributed by atoms with Crippen molar-refractivity contribution in [3.05, 3.63) is 23.0 Å². The first-order valence-electron chi connectivity index (χ1n) is 4.20. The minimum atomic E-state index is 0.486. The van der Waals surface area contributed by atoms with E-state index in [-0.39, 0.29) is 0 Å². The van der Waals surface area contributed by atoms with Gasteiger partial charge in [-0.1, -0.05) is 19.4 Å². The smallest absolute Gasteiger partial charge is 0.114 e. The van der Waals surface area contributed by atoms with Gasteiger partial charge in [0.15, 0.2) is 0 Å². The second-order valence-corrected chi connectivity index (χ2v) is 3.54. The lowest BCUT2D eigenvalue weighted by molar-refractivity contribution is 0.415. The van der Waals surface area contributed by atoms with Crippen molar-refractivity contribution >= 4 is 0 Å². The molecule has 0 unspecified atom stereocenters. The molecular formula is C10H16O. The van der Waals surface area contributed by atoms with Gasteiger partial charge < -0.3 is 5.11 Å². The van der Waals surface area contributed by atoms with Crippen molar-refractivity contribution in [3.63, 3.8) is 0 Å². The van der Waals surface area contributed by atoms with Gasteiger partial charge in [0.05, 0.1) is 0 Å². The zero-order valence-electron chi connectivity index (χ0n) is 7.52. The molecule has 1 aliphatic rings. The third-order valence-electron chi connectivity index (χ3n) is 2.29. The van der Waals surface area contributed by atoms with Crippen molar-refractivity contribution in [2.75, 3.05) is 0 Å². The summed E-state index contributed by atoms with van der Waals surface area (Å²) in [5.41, 5.74) is 2.49. The molecule has 11 heavy (non-hydrogen) atoms. The second kappa shape index (κ2) is 3.12. The molecule has 0 atom stereocenters. The van der Waals surface area contributed by atoms with Gasteiger partial charge in [-0.15, -0.1) is 0 Å². The van der Waals surface area contributed by atoms with Gasteiger partial charge in [0, 0.05) is 0 Å². The van der Waals surface area contributed by atoms with E-state index in [1.165, 1.54) is 5.57 Å². The average Bonchev–Trinajstić information content (AvgIpc) is 1.94. The SMILES string of the molecule is CC1=C(O)C=C(C(C)C)CC1. The van der Waals surface area contributed by atoms with E-state index in [0.717, 1.165) is 18.4 Å². The summed E-state index contributed by atoms with van der Waals surface area (Å²) in [4.78, 5) is 0. The van der Waals surface area contributed by atoms with Crippen LogP contribution >= 0.6 is 0 Å². The molecule has 0 aromatic heterocycles. The monoisotopic (exact) mass is 152 g/mol. The van der Waals surface area contributed by atoms with E-state index in [0.29, 0.717) is 11.7 Å². The van der Waals surface area contributed by atoms with Crippen LogP contribution in [0.25, 0.3) is 0 Å². The molecule has 0 fully saturated rings. The Hall–Kier alpha value is -0.720. The quantitative estimate of drug-likeness (QED) is 0.611. The van der Waals surface area contributed by atoms with Crippen LogP contribution in [0.5, 0.6) is 0 Å². The van der Waals surface area contributed by atoms with E-state index in [4.69, 9.17) is 0 Å². The third kappa shape index (κ3) is 1.86. The summed E-state index contributed by atoms with van der Waals surface area (Å²) in [6, 6.07) is 0. The third-order valence-corrected chi connectivity index (χ3v) is 2.29. The maximum absolute atomic E-state index is 9.40. The molecule has 1 nitrogen and oxygen atoms in total. The molecule has 1 heteroatoms. The lowest BCUT2D eigenvalue weighted by atomic mass is 9.91. The van der Waals surface area contributed by atoms with Gasteiger partial charge in [-0.2, -0.15) is 0 Å². The number of aliphatic hydroxyl groups excluding tert-OH is 1. The topological polar surface area (TPSA) is 20.2 Å². The Labute approximate surface area is 68.4 Å². The van der Waals surface area contributed by atoms with Crippen molar-refractivity contribution < 1.29 is 5.11 Å². The molecule has 0 aromatic carbocycles. The summed E-state index contributed by atoms with van der Waals surface area (Å²) in [5.74, 6) is 1.06. The van der Waals surface area contributed by atoms with E-state index in [9.17, 15) is 5.11 Å². The van der Waals surface area contributed by atoms with Gasteiger partial charge >= 0.3 is 0 Å². The van der Waals surface area contributed by atoms with E-state index < -0.39 is 0 Å². The van der Waals surface area contributed by atoms with Crippen molar-refractivity contribution in [2.24, 2.45) is 5.92 Å². The summed E-state index contributed by atoms with van der Waals surface area (Å²) in [5, 5.41) is 9.40. The molecule has 0 heterocycles. The Morgan fingerprint density at radius 1 is 1.36 bits per heavy atom. The van der Waals surface area contributed by atoms with Crippen molar-refractivity contribution in [2.45, 2.75) is 33.6 Å². The molecule has 0 radical (unpaired) electrons. The lowest BCUT2D eigenvalue weighted by Gasteiger charge is -2.16. The fourth-order valence-electron chi connectivity index (χ4n) is 1.29. The molecular weight excluding hydrogens is 136 g/mol. The van der Waals surface area contributed by atoms with Crippen molar-refractivity contribution in [1.29, 1.82) is 0 Å². The molecule has 62 valence electrons. The lowest BCUT2D eigenvalue weighted by Crippen LogP contribution is -2.01. The highest BCUT2D eigenvalue weighted by Crippen LogP contribution is 2.26. The molecule has 0 aromatic rings. The fourth-order valence-corrected chi connectivity index (χ4v) is 1.29. The number of aliphatic hydroxyl groups is 1. The van der Waals surface area contributed by atoms with Crippen LogP contribution in [-0.4, -0.2) is 5.11 Å². The minimum Gasteiger partial charge on any atom is -0.508 e. The van der Waals surface area contributed by atoms with Crippen LogP contribution in [0.15, 0.2) is 23.0 Å². The highest BCUT2D eigenvalue weighted by atomic mass is 16.3. The van der Waals surface area contributed by atoms with Crippen LogP contribution in [-0.2, 0) is 0 Å². The number of allylic oxidation sites excluding steroid dienone is 3.